The molecule has 6 heteroatoms. The van der Waals surface area contributed by atoms with Crippen molar-refractivity contribution in [2.45, 2.75) is 38.5 Å². The Hall–Kier alpha value is -4.24. The van der Waals surface area contributed by atoms with Crippen molar-refractivity contribution in [2.24, 2.45) is 0 Å². The third-order valence-electron chi connectivity index (χ3n) is 6.97. The molecule has 0 radical (unpaired) electrons. The van der Waals surface area contributed by atoms with Crippen LogP contribution in [-0.2, 0) is 17.5 Å². The average molecular weight is 513 g/mol. The van der Waals surface area contributed by atoms with Crippen molar-refractivity contribution in [3.05, 3.63) is 102 Å². The van der Waals surface area contributed by atoms with Crippen LogP contribution in [0, 0.1) is 11.8 Å². The molecule has 0 N–H and O–H groups in total. The zero-order valence-corrected chi connectivity index (χ0v) is 21.0. The van der Waals surface area contributed by atoms with Gasteiger partial charge in [-0.1, -0.05) is 66.6 Å². The number of alkyl halides is 3. The van der Waals surface area contributed by atoms with Crippen LogP contribution >= 0.6 is 0 Å². The van der Waals surface area contributed by atoms with E-state index in [1.165, 1.54) is 18.2 Å². The Kier molecular flexibility index (Phi) is 7.11. The Morgan fingerprint density at radius 2 is 1.79 bits per heavy atom. The number of carbonyl (C=O) groups is 1. The van der Waals surface area contributed by atoms with Gasteiger partial charge in [-0.25, -0.2) is 0 Å². The Morgan fingerprint density at radius 3 is 2.55 bits per heavy atom. The summed E-state index contributed by atoms with van der Waals surface area (Å²) in [6.07, 6.45) is 0.0381. The molecule has 2 heterocycles. The second-order valence-electron chi connectivity index (χ2n) is 9.30. The van der Waals surface area contributed by atoms with Gasteiger partial charge in [-0.3, -0.25) is 4.79 Å². The van der Waals surface area contributed by atoms with E-state index < -0.39 is 11.7 Å². The van der Waals surface area contributed by atoms with Crippen molar-refractivity contribution < 1.29 is 18.0 Å². The van der Waals surface area contributed by atoms with E-state index in [0.717, 1.165) is 52.7 Å². The molecule has 5 rings (SSSR count). The third kappa shape index (κ3) is 4.97. The highest BCUT2D eigenvalue weighted by molar-refractivity contribution is 5.99. The van der Waals surface area contributed by atoms with Crippen molar-refractivity contribution >= 4 is 22.9 Å². The van der Waals surface area contributed by atoms with Gasteiger partial charge < -0.3 is 9.47 Å². The van der Waals surface area contributed by atoms with Crippen molar-refractivity contribution in [3.63, 3.8) is 0 Å². The van der Waals surface area contributed by atoms with Gasteiger partial charge in [0.1, 0.15) is 0 Å². The van der Waals surface area contributed by atoms with Gasteiger partial charge in [0, 0.05) is 29.1 Å². The molecule has 1 aliphatic rings. The number of nitrogens with zero attached hydrogens (tertiary/aromatic N) is 2. The van der Waals surface area contributed by atoms with E-state index in [4.69, 9.17) is 0 Å². The first-order valence-corrected chi connectivity index (χ1v) is 12.6. The van der Waals surface area contributed by atoms with Gasteiger partial charge >= 0.3 is 6.18 Å². The molecule has 1 atom stereocenters. The molecule has 1 fully saturated rings. The van der Waals surface area contributed by atoms with E-state index in [1.807, 2.05) is 42.2 Å². The SMILES string of the molecule is CC#CCn1c(C2CCCN2C(=O)C=Cc2cccc(C(F)(F)F)c2)c(-c2ccccc2)c2ccccc21. The molecule has 0 spiro atoms. The summed E-state index contributed by atoms with van der Waals surface area (Å²) in [5, 5.41) is 1.10. The van der Waals surface area contributed by atoms with E-state index >= 15 is 0 Å². The number of rotatable bonds is 5. The molecule has 0 aliphatic carbocycles. The average Bonchev–Trinajstić information content (AvgIpc) is 3.53. The molecule has 0 bridgehead atoms. The molecular weight excluding hydrogens is 485 g/mol. The fourth-order valence-corrected chi connectivity index (χ4v) is 5.30. The summed E-state index contributed by atoms with van der Waals surface area (Å²) in [6, 6.07) is 23.2. The van der Waals surface area contributed by atoms with Crippen molar-refractivity contribution in [1.29, 1.82) is 0 Å². The molecule has 1 aliphatic heterocycles. The number of likely N-dealkylation sites (tertiary alicyclic amines) is 1. The van der Waals surface area contributed by atoms with Crippen LogP contribution in [0.15, 0.2) is 84.9 Å². The standard InChI is InChI=1S/C32H27F3N2O/c1-2-3-20-37-27-16-8-7-15-26(27)30(24-12-5-4-6-13-24)31(37)28-17-10-21-36(28)29(38)19-18-23-11-9-14-25(22-23)32(33,34)35/h4-9,11-16,18-19,22,28H,10,17,20-21H2,1H3. The molecule has 4 aromatic rings. The molecule has 3 aromatic carbocycles. The van der Waals surface area contributed by atoms with E-state index in [-0.39, 0.29) is 11.9 Å². The van der Waals surface area contributed by atoms with Gasteiger partial charge in [0.25, 0.3) is 0 Å². The van der Waals surface area contributed by atoms with Gasteiger partial charge in [0.2, 0.25) is 5.91 Å². The molecular formula is C32H27F3N2O. The summed E-state index contributed by atoms with van der Waals surface area (Å²) in [5.74, 6) is 5.97. The lowest BCUT2D eigenvalue weighted by Gasteiger charge is -2.26. The number of para-hydroxylation sites is 1. The van der Waals surface area contributed by atoms with Crippen molar-refractivity contribution in [2.75, 3.05) is 6.54 Å². The summed E-state index contributed by atoms with van der Waals surface area (Å²) in [6.45, 7) is 2.89. The maximum absolute atomic E-state index is 13.5. The lowest BCUT2D eigenvalue weighted by molar-refractivity contribution is -0.137. The normalized spacial score (nSPS) is 15.7. The number of fused-ring (bicyclic) bond motifs is 1. The fourth-order valence-electron chi connectivity index (χ4n) is 5.30. The smallest absolute Gasteiger partial charge is 0.331 e. The topological polar surface area (TPSA) is 25.2 Å². The molecule has 1 aromatic heterocycles. The highest BCUT2D eigenvalue weighted by Crippen LogP contribution is 2.43. The van der Waals surface area contributed by atoms with Crippen LogP contribution in [0.5, 0.6) is 0 Å². The predicted octanol–water partition coefficient (Wildman–Crippen LogP) is 7.73. The van der Waals surface area contributed by atoms with Gasteiger partial charge in [-0.15, -0.1) is 5.92 Å². The Labute approximate surface area is 220 Å². The largest absolute Gasteiger partial charge is 0.416 e. The van der Waals surface area contributed by atoms with E-state index in [1.54, 1.807) is 6.07 Å². The van der Waals surface area contributed by atoms with E-state index in [2.05, 4.69) is 40.7 Å². The minimum Gasteiger partial charge on any atom is -0.331 e. The highest BCUT2D eigenvalue weighted by atomic mass is 19.4. The second kappa shape index (κ2) is 10.6. The number of hydrogen-bond acceptors (Lipinski definition) is 1. The second-order valence-corrected chi connectivity index (χ2v) is 9.30. The van der Waals surface area contributed by atoms with E-state index in [0.29, 0.717) is 18.7 Å². The first-order valence-electron chi connectivity index (χ1n) is 12.6. The number of hydrogen-bond donors (Lipinski definition) is 0. The van der Waals surface area contributed by atoms with Crippen LogP contribution in [0.1, 0.15) is 42.6 Å². The number of halogens is 3. The van der Waals surface area contributed by atoms with Crippen LogP contribution < -0.4 is 0 Å². The van der Waals surface area contributed by atoms with Crippen LogP contribution in [0.3, 0.4) is 0 Å². The van der Waals surface area contributed by atoms with Crippen LogP contribution in [0.2, 0.25) is 0 Å². The van der Waals surface area contributed by atoms with Crippen LogP contribution in [-0.4, -0.2) is 21.9 Å². The number of amides is 1. The molecule has 1 saturated heterocycles. The summed E-state index contributed by atoms with van der Waals surface area (Å²) < 4.78 is 41.6. The van der Waals surface area contributed by atoms with E-state index in [9.17, 15) is 18.0 Å². The minimum absolute atomic E-state index is 0.185. The summed E-state index contributed by atoms with van der Waals surface area (Å²) >= 11 is 0. The Bertz CT molecular complexity index is 1550. The zero-order valence-electron chi connectivity index (χ0n) is 21.0. The molecule has 1 unspecified atom stereocenters. The van der Waals surface area contributed by atoms with Crippen molar-refractivity contribution in [3.8, 4) is 23.0 Å². The Morgan fingerprint density at radius 1 is 1.03 bits per heavy atom. The number of benzene rings is 3. The van der Waals surface area contributed by atoms with Crippen LogP contribution in [0.4, 0.5) is 13.2 Å². The van der Waals surface area contributed by atoms with Gasteiger partial charge in [0.05, 0.1) is 23.8 Å². The molecule has 0 saturated carbocycles. The third-order valence-corrected chi connectivity index (χ3v) is 6.97. The lowest BCUT2D eigenvalue weighted by atomic mass is 9.97. The molecule has 192 valence electrons. The summed E-state index contributed by atoms with van der Waals surface area (Å²) in [7, 11) is 0. The van der Waals surface area contributed by atoms with Gasteiger partial charge in [0.15, 0.2) is 0 Å². The summed E-state index contributed by atoms with van der Waals surface area (Å²) in [4.78, 5) is 15.3. The number of aromatic nitrogens is 1. The first-order chi connectivity index (χ1) is 18.4. The maximum Gasteiger partial charge on any atom is 0.416 e. The maximum atomic E-state index is 13.5. The Balaban J connectivity index is 1.57. The predicted molar refractivity (Wildman–Crippen MR) is 145 cm³/mol. The molecule has 38 heavy (non-hydrogen) atoms. The van der Waals surface area contributed by atoms with Gasteiger partial charge in [-0.05, 0) is 55.2 Å². The molecule has 1 amide bonds. The lowest BCUT2D eigenvalue weighted by Crippen LogP contribution is -2.30. The van der Waals surface area contributed by atoms with Gasteiger partial charge in [-0.2, -0.15) is 13.2 Å². The van der Waals surface area contributed by atoms with Crippen LogP contribution in [0.25, 0.3) is 28.1 Å². The monoisotopic (exact) mass is 512 g/mol. The zero-order chi connectivity index (χ0) is 26.7. The quantitative estimate of drug-likeness (QED) is 0.198. The number of carbonyl (C=O) groups excluding carboxylic acids is 1. The minimum atomic E-state index is -4.43. The molecule has 3 nitrogen and oxygen atoms in total. The highest BCUT2D eigenvalue weighted by Gasteiger charge is 2.34. The van der Waals surface area contributed by atoms with Crippen molar-refractivity contribution in [1.82, 2.24) is 9.47 Å². The first kappa shape index (κ1) is 25.4. The fraction of sp³-hybridized carbons (Fsp3) is 0.219. The summed E-state index contributed by atoms with van der Waals surface area (Å²) in [5.41, 5.74) is 3.86.